The number of nitro groups is 1. The highest BCUT2D eigenvalue weighted by Crippen LogP contribution is 2.25. The molecule has 1 N–H and O–H groups in total. The molecule has 0 atom stereocenters. The zero-order valence-electron chi connectivity index (χ0n) is 11.6. The molecule has 0 spiro atoms. The molecular formula is C13H18ClN3O3. The van der Waals surface area contributed by atoms with Gasteiger partial charge in [0.25, 0.3) is 5.69 Å². The Morgan fingerprint density at radius 2 is 2.20 bits per heavy atom. The van der Waals surface area contributed by atoms with E-state index in [1.54, 1.807) is 18.0 Å². The lowest BCUT2D eigenvalue weighted by Crippen LogP contribution is -2.35. The van der Waals surface area contributed by atoms with Crippen LogP contribution in [0.4, 0.5) is 5.69 Å². The van der Waals surface area contributed by atoms with Gasteiger partial charge in [-0.15, -0.1) is 0 Å². The average molecular weight is 300 g/mol. The van der Waals surface area contributed by atoms with Crippen molar-refractivity contribution in [2.75, 3.05) is 20.1 Å². The molecule has 0 heterocycles. The van der Waals surface area contributed by atoms with E-state index >= 15 is 0 Å². The Morgan fingerprint density at radius 1 is 1.50 bits per heavy atom. The molecule has 0 radical (unpaired) electrons. The van der Waals surface area contributed by atoms with Crippen molar-refractivity contribution in [3.05, 3.63) is 38.9 Å². The molecule has 0 saturated carbocycles. The van der Waals surface area contributed by atoms with Gasteiger partial charge in [-0.2, -0.15) is 0 Å². The van der Waals surface area contributed by atoms with E-state index < -0.39 is 4.92 Å². The number of rotatable bonds is 7. The molecule has 6 nitrogen and oxygen atoms in total. The Bertz CT molecular complexity index is 494. The second-order valence-corrected chi connectivity index (χ2v) is 4.97. The van der Waals surface area contributed by atoms with Gasteiger partial charge in [0.2, 0.25) is 5.91 Å². The van der Waals surface area contributed by atoms with E-state index in [1.807, 2.05) is 6.92 Å². The molecule has 0 aliphatic rings. The van der Waals surface area contributed by atoms with Crippen molar-refractivity contribution in [1.29, 1.82) is 0 Å². The highest BCUT2D eigenvalue weighted by Gasteiger charge is 2.14. The quantitative estimate of drug-likeness (QED) is 0.618. The normalized spacial score (nSPS) is 10.6. The predicted molar refractivity (Wildman–Crippen MR) is 77.7 cm³/mol. The van der Waals surface area contributed by atoms with Gasteiger partial charge in [0.05, 0.1) is 11.5 Å². The molecule has 1 amide bonds. The number of nitrogens with one attached hydrogen (secondary N) is 1. The van der Waals surface area contributed by atoms with E-state index in [4.69, 9.17) is 11.6 Å². The molecule has 0 aromatic heterocycles. The Kier molecular flexibility index (Phi) is 6.41. The van der Waals surface area contributed by atoms with E-state index in [0.29, 0.717) is 13.1 Å². The Labute approximate surface area is 122 Å². The highest BCUT2D eigenvalue weighted by atomic mass is 35.5. The van der Waals surface area contributed by atoms with Crippen molar-refractivity contribution < 1.29 is 9.72 Å². The molecule has 1 rings (SSSR count). The maximum Gasteiger partial charge on any atom is 0.288 e. The number of hydrogen-bond donors (Lipinski definition) is 1. The van der Waals surface area contributed by atoms with Gasteiger partial charge in [-0.3, -0.25) is 19.8 Å². The fourth-order valence-corrected chi connectivity index (χ4v) is 1.92. The van der Waals surface area contributed by atoms with Gasteiger partial charge in [-0.25, -0.2) is 0 Å². The van der Waals surface area contributed by atoms with Crippen LogP contribution < -0.4 is 5.32 Å². The van der Waals surface area contributed by atoms with Crippen molar-refractivity contribution in [3.8, 4) is 0 Å². The summed E-state index contributed by atoms with van der Waals surface area (Å²) in [6, 6.07) is 4.65. The van der Waals surface area contributed by atoms with Gasteiger partial charge in [0, 0.05) is 19.2 Å². The standard InChI is InChI=1S/C13H18ClN3O3/c1-3-6-15-13(18)9-16(2)8-10-4-5-11(14)12(7-10)17(19)20/h4-5,7H,3,6,8-9H2,1-2H3,(H,15,18). The topological polar surface area (TPSA) is 75.5 Å². The SMILES string of the molecule is CCCNC(=O)CN(C)Cc1ccc(Cl)c([N+](=O)[O-])c1. The van der Waals surface area contributed by atoms with Gasteiger partial charge in [-0.05, 0) is 25.1 Å². The van der Waals surface area contributed by atoms with Crippen LogP contribution in [0.5, 0.6) is 0 Å². The smallest absolute Gasteiger partial charge is 0.288 e. The van der Waals surface area contributed by atoms with Crippen LogP contribution in [0.1, 0.15) is 18.9 Å². The van der Waals surface area contributed by atoms with Crippen molar-refractivity contribution in [2.45, 2.75) is 19.9 Å². The zero-order chi connectivity index (χ0) is 15.1. The van der Waals surface area contributed by atoms with E-state index in [-0.39, 0.29) is 23.2 Å². The molecule has 1 aromatic rings. The second kappa shape index (κ2) is 7.81. The molecule has 0 aliphatic heterocycles. The number of halogens is 1. The summed E-state index contributed by atoms with van der Waals surface area (Å²) in [4.78, 5) is 23.6. The first kappa shape index (κ1) is 16.4. The molecule has 0 unspecified atom stereocenters. The summed E-state index contributed by atoms with van der Waals surface area (Å²) < 4.78 is 0. The molecule has 7 heteroatoms. The summed E-state index contributed by atoms with van der Waals surface area (Å²) >= 11 is 5.75. The van der Waals surface area contributed by atoms with Crippen LogP contribution >= 0.6 is 11.6 Å². The summed E-state index contributed by atoms with van der Waals surface area (Å²) in [6.45, 7) is 3.32. The molecule has 0 saturated heterocycles. The van der Waals surface area contributed by atoms with Crippen LogP contribution in [-0.2, 0) is 11.3 Å². The van der Waals surface area contributed by atoms with Gasteiger partial charge >= 0.3 is 0 Å². The van der Waals surface area contributed by atoms with Crippen LogP contribution in [0, 0.1) is 10.1 Å². The van der Waals surface area contributed by atoms with Crippen LogP contribution in [-0.4, -0.2) is 35.9 Å². The van der Waals surface area contributed by atoms with E-state index in [9.17, 15) is 14.9 Å². The number of carbonyl (C=O) groups excluding carboxylic acids is 1. The summed E-state index contributed by atoms with van der Waals surface area (Å²) in [5.41, 5.74) is 0.625. The number of amides is 1. The first-order chi connectivity index (χ1) is 9.43. The summed E-state index contributed by atoms with van der Waals surface area (Å²) in [7, 11) is 1.78. The monoisotopic (exact) mass is 299 g/mol. The number of hydrogen-bond acceptors (Lipinski definition) is 4. The lowest BCUT2D eigenvalue weighted by atomic mass is 10.2. The minimum atomic E-state index is -0.514. The van der Waals surface area contributed by atoms with Crippen LogP contribution in [0.2, 0.25) is 5.02 Å². The van der Waals surface area contributed by atoms with Gasteiger partial charge < -0.3 is 5.32 Å². The fourth-order valence-electron chi connectivity index (χ4n) is 1.73. The predicted octanol–water partition coefficient (Wildman–Crippen LogP) is 2.21. The van der Waals surface area contributed by atoms with Crippen LogP contribution in [0.25, 0.3) is 0 Å². The molecule has 110 valence electrons. The Morgan fingerprint density at radius 3 is 2.80 bits per heavy atom. The summed E-state index contributed by atoms with van der Waals surface area (Å²) in [5, 5.41) is 13.7. The number of carbonyl (C=O) groups is 1. The lowest BCUT2D eigenvalue weighted by Gasteiger charge is -2.16. The molecular weight excluding hydrogens is 282 g/mol. The first-order valence-electron chi connectivity index (χ1n) is 6.32. The first-order valence-corrected chi connectivity index (χ1v) is 6.70. The third-order valence-electron chi connectivity index (χ3n) is 2.65. The lowest BCUT2D eigenvalue weighted by molar-refractivity contribution is -0.384. The van der Waals surface area contributed by atoms with Crippen molar-refractivity contribution in [3.63, 3.8) is 0 Å². The van der Waals surface area contributed by atoms with Crippen molar-refractivity contribution >= 4 is 23.2 Å². The number of nitrogens with zero attached hydrogens (tertiary/aromatic N) is 2. The van der Waals surface area contributed by atoms with Gasteiger partial charge in [0.15, 0.2) is 0 Å². The largest absolute Gasteiger partial charge is 0.355 e. The Hall–Kier alpha value is -1.66. The molecule has 0 fully saturated rings. The summed E-state index contributed by atoms with van der Waals surface area (Å²) in [6.07, 6.45) is 0.888. The zero-order valence-corrected chi connectivity index (χ0v) is 12.3. The van der Waals surface area contributed by atoms with Crippen molar-refractivity contribution in [2.24, 2.45) is 0 Å². The molecule has 0 bridgehead atoms. The maximum atomic E-state index is 11.5. The van der Waals surface area contributed by atoms with Gasteiger partial charge in [0.1, 0.15) is 5.02 Å². The summed E-state index contributed by atoms with van der Waals surface area (Å²) in [5.74, 6) is -0.0576. The average Bonchev–Trinajstić information content (AvgIpc) is 2.38. The van der Waals surface area contributed by atoms with E-state index in [0.717, 1.165) is 12.0 Å². The number of benzene rings is 1. The van der Waals surface area contributed by atoms with Crippen molar-refractivity contribution in [1.82, 2.24) is 10.2 Å². The van der Waals surface area contributed by atoms with Crippen LogP contribution in [0.15, 0.2) is 18.2 Å². The minimum Gasteiger partial charge on any atom is -0.355 e. The second-order valence-electron chi connectivity index (χ2n) is 4.57. The number of likely N-dealkylation sites (N-methyl/N-ethyl adjacent to an activating group) is 1. The molecule has 0 aliphatic carbocycles. The molecule has 1 aromatic carbocycles. The minimum absolute atomic E-state index is 0.0576. The number of nitro benzene ring substituents is 1. The third kappa shape index (κ3) is 5.14. The maximum absolute atomic E-state index is 11.5. The fraction of sp³-hybridized carbons (Fsp3) is 0.462. The molecule has 20 heavy (non-hydrogen) atoms. The van der Waals surface area contributed by atoms with Gasteiger partial charge in [-0.1, -0.05) is 24.6 Å². The highest BCUT2D eigenvalue weighted by molar-refractivity contribution is 6.32. The van der Waals surface area contributed by atoms with Crippen LogP contribution in [0.3, 0.4) is 0 Å². The third-order valence-corrected chi connectivity index (χ3v) is 2.97. The van der Waals surface area contributed by atoms with E-state index in [1.165, 1.54) is 12.1 Å². The Balaban J connectivity index is 2.62. The van der Waals surface area contributed by atoms with E-state index in [2.05, 4.69) is 5.32 Å².